The van der Waals surface area contributed by atoms with Gasteiger partial charge in [0, 0.05) is 19.5 Å². The van der Waals surface area contributed by atoms with Gasteiger partial charge in [0.05, 0.1) is 0 Å². The Labute approximate surface area is 67.9 Å². The predicted octanol–water partition coefficient (Wildman–Crippen LogP) is 1.57. The number of carbonyl (C=O) groups excluding carboxylic acids is 1. The highest BCUT2D eigenvalue weighted by atomic mass is 16.2. The second-order valence-corrected chi connectivity index (χ2v) is 3.23. The van der Waals surface area contributed by atoms with Gasteiger partial charge in [-0.15, -0.1) is 0 Å². The first-order valence-electron chi connectivity index (χ1n) is 4.12. The molecule has 0 bridgehead atoms. The van der Waals surface area contributed by atoms with Crippen LogP contribution in [0, 0.1) is 0 Å². The van der Waals surface area contributed by atoms with Gasteiger partial charge in [0.1, 0.15) is 0 Å². The molecule has 1 heterocycles. The van der Waals surface area contributed by atoms with Crippen molar-refractivity contribution in [1.29, 1.82) is 0 Å². The highest BCUT2D eigenvalue weighted by Gasteiger charge is 2.16. The van der Waals surface area contributed by atoms with Crippen LogP contribution in [-0.2, 0) is 4.79 Å². The van der Waals surface area contributed by atoms with Crippen molar-refractivity contribution in [2.24, 2.45) is 0 Å². The molecule has 0 aromatic heterocycles. The highest BCUT2D eigenvalue weighted by molar-refractivity contribution is 5.77. The Morgan fingerprint density at radius 3 is 2.91 bits per heavy atom. The van der Waals surface area contributed by atoms with E-state index in [1.807, 2.05) is 11.8 Å². The molecule has 0 radical (unpaired) electrons. The Bertz CT molecular complexity index is 174. The molecule has 0 aromatic carbocycles. The average molecular weight is 153 g/mol. The fraction of sp³-hybridized carbons (Fsp3) is 0.667. The molecule has 11 heavy (non-hydrogen) atoms. The Balaban J connectivity index is 2.42. The summed E-state index contributed by atoms with van der Waals surface area (Å²) in [6, 6.07) is 0. The maximum absolute atomic E-state index is 11.2. The molecule has 2 nitrogen and oxygen atoms in total. The summed E-state index contributed by atoms with van der Waals surface area (Å²) in [6.07, 6.45) is 2.94. The molecule has 1 amide bonds. The van der Waals surface area contributed by atoms with E-state index in [9.17, 15) is 4.79 Å². The number of likely N-dealkylation sites (tertiary alicyclic amines) is 1. The molecule has 1 aliphatic heterocycles. The number of hydrogen-bond donors (Lipinski definition) is 0. The van der Waals surface area contributed by atoms with Crippen molar-refractivity contribution >= 4 is 5.91 Å². The zero-order valence-corrected chi connectivity index (χ0v) is 7.10. The van der Waals surface area contributed by atoms with E-state index in [0.29, 0.717) is 5.91 Å². The van der Waals surface area contributed by atoms with E-state index in [-0.39, 0.29) is 0 Å². The summed E-state index contributed by atoms with van der Waals surface area (Å²) in [6.45, 7) is 7.42. The van der Waals surface area contributed by atoms with Gasteiger partial charge in [0.15, 0.2) is 0 Å². The molecule has 0 saturated carbocycles. The SMILES string of the molecule is C=C(C)CN1CCCCC1=O. The largest absolute Gasteiger partial charge is 0.339 e. The molecular weight excluding hydrogens is 138 g/mol. The smallest absolute Gasteiger partial charge is 0.222 e. The maximum atomic E-state index is 11.2. The Morgan fingerprint density at radius 2 is 2.36 bits per heavy atom. The summed E-state index contributed by atoms with van der Waals surface area (Å²) in [5.74, 6) is 0.291. The molecule has 0 aliphatic carbocycles. The van der Waals surface area contributed by atoms with Crippen LogP contribution in [0.25, 0.3) is 0 Å². The summed E-state index contributed by atoms with van der Waals surface area (Å²) in [5.41, 5.74) is 1.07. The minimum atomic E-state index is 0.291. The van der Waals surface area contributed by atoms with Crippen molar-refractivity contribution in [3.63, 3.8) is 0 Å². The minimum absolute atomic E-state index is 0.291. The van der Waals surface area contributed by atoms with Crippen LogP contribution in [0.2, 0.25) is 0 Å². The predicted molar refractivity (Wildman–Crippen MR) is 45.2 cm³/mol. The second kappa shape index (κ2) is 3.56. The molecule has 0 unspecified atom stereocenters. The lowest BCUT2D eigenvalue weighted by molar-refractivity contribution is -0.132. The second-order valence-electron chi connectivity index (χ2n) is 3.23. The van der Waals surface area contributed by atoms with Gasteiger partial charge in [0.2, 0.25) is 5.91 Å². The van der Waals surface area contributed by atoms with Crippen LogP contribution in [0.1, 0.15) is 26.2 Å². The van der Waals surface area contributed by atoms with E-state index in [1.54, 1.807) is 0 Å². The monoisotopic (exact) mass is 153 g/mol. The van der Waals surface area contributed by atoms with Crippen LogP contribution in [0.3, 0.4) is 0 Å². The van der Waals surface area contributed by atoms with Gasteiger partial charge >= 0.3 is 0 Å². The van der Waals surface area contributed by atoms with E-state index in [2.05, 4.69) is 6.58 Å². The zero-order valence-electron chi connectivity index (χ0n) is 7.10. The molecule has 1 fully saturated rings. The average Bonchev–Trinajstić information content (AvgIpc) is 1.93. The molecule has 62 valence electrons. The van der Waals surface area contributed by atoms with Crippen molar-refractivity contribution < 1.29 is 4.79 Å². The maximum Gasteiger partial charge on any atom is 0.222 e. The molecule has 0 aromatic rings. The third-order valence-corrected chi connectivity index (χ3v) is 1.88. The Kier molecular flexibility index (Phi) is 2.69. The van der Waals surface area contributed by atoms with Crippen molar-refractivity contribution in [1.82, 2.24) is 4.90 Å². The zero-order chi connectivity index (χ0) is 8.27. The van der Waals surface area contributed by atoms with Gasteiger partial charge in [-0.05, 0) is 19.8 Å². The number of piperidine rings is 1. The number of hydrogen-bond acceptors (Lipinski definition) is 1. The molecule has 2 heteroatoms. The first kappa shape index (κ1) is 8.31. The highest BCUT2D eigenvalue weighted by Crippen LogP contribution is 2.11. The van der Waals surface area contributed by atoms with Crippen LogP contribution in [0.15, 0.2) is 12.2 Å². The first-order valence-corrected chi connectivity index (χ1v) is 4.12. The molecule has 1 saturated heterocycles. The lowest BCUT2D eigenvalue weighted by Crippen LogP contribution is -2.36. The number of amides is 1. The molecule has 1 rings (SSSR count). The number of carbonyl (C=O) groups is 1. The molecule has 0 atom stereocenters. The number of rotatable bonds is 2. The van der Waals surface area contributed by atoms with Gasteiger partial charge in [-0.25, -0.2) is 0 Å². The lowest BCUT2D eigenvalue weighted by atomic mass is 10.1. The normalized spacial score (nSPS) is 18.6. The Morgan fingerprint density at radius 1 is 1.64 bits per heavy atom. The van der Waals surface area contributed by atoms with E-state index >= 15 is 0 Å². The lowest BCUT2D eigenvalue weighted by Gasteiger charge is -2.26. The van der Waals surface area contributed by atoms with Crippen LogP contribution in [0.4, 0.5) is 0 Å². The fourth-order valence-electron chi connectivity index (χ4n) is 1.35. The third kappa shape index (κ3) is 2.37. The molecule has 0 N–H and O–H groups in total. The fourth-order valence-corrected chi connectivity index (χ4v) is 1.35. The molecular formula is C9H15NO. The summed E-state index contributed by atoms with van der Waals surface area (Å²) < 4.78 is 0. The standard InChI is InChI=1S/C9H15NO/c1-8(2)7-10-6-4-3-5-9(10)11/h1,3-7H2,2H3. The van der Waals surface area contributed by atoms with Crippen LogP contribution in [-0.4, -0.2) is 23.9 Å². The Hall–Kier alpha value is -0.790. The van der Waals surface area contributed by atoms with Crippen molar-refractivity contribution in [2.75, 3.05) is 13.1 Å². The van der Waals surface area contributed by atoms with E-state index < -0.39 is 0 Å². The molecule has 1 aliphatic rings. The number of nitrogens with zero attached hydrogens (tertiary/aromatic N) is 1. The van der Waals surface area contributed by atoms with E-state index in [0.717, 1.165) is 37.9 Å². The van der Waals surface area contributed by atoms with Gasteiger partial charge in [-0.1, -0.05) is 12.2 Å². The summed E-state index contributed by atoms with van der Waals surface area (Å²) in [4.78, 5) is 13.1. The summed E-state index contributed by atoms with van der Waals surface area (Å²) >= 11 is 0. The summed E-state index contributed by atoms with van der Waals surface area (Å²) in [7, 11) is 0. The molecule has 0 spiro atoms. The summed E-state index contributed by atoms with van der Waals surface area (Å²) in [5, 5.41) is 0. The minimum Gasteiger partial charge on any atom is -0.339 e. The van der Waals surface area contributed by atoms with Crippen molar-refractivity contribution in [2.45, 2.75) is 26.2 Å². The van der Waals surface area contributed by atoms with E-state index in [1.165, 1.54) is 0 Å². The third-order valence-electron chi connectivity index (χ3n) is 1.88. The van der Waals surface area contributed by atoms with Crippen LogP contribution >= 0.6 is 0 Å². The van der Waals surface area contributed by atoms with Gasteiger partial charge in [-0.3, -0.25) is 4.79 Å². The van der Waals surface area contributed by atoms with E-state index in [4.69, 9.17) is 0 Å². The van der Waals surface area contributed by atoms with Crippen LogP contribution < -0.4 is 0 Å². The van der Waals surface area contributed by atoms with Crippen molar-refractivity contribution in [3.05, 3.63) is 12.2 Å². The quantitative estimate of drug-likeness (QED) is 0.551. The van der Waals surface area contributed by atoms with Gasteiger partial charge < -0.3 is 4.90 Å². The first-order chi connectivity index (χ1) is 5.20. The van der Waals surface area contributed by atoms with Crippen molar-refractivity contribution in [3.8, 4) is 0 Å². The van der Waals surface area contributed by atoms with Gasteiger partial charge in [-0.2, -0.15) is 0 Å². The van der Waals surface area contributed by atoms with Crippen LogP contribution in [0.5, 0.6) is 0 Å². The van der Waals surface area contributed by atoms with Gasteiger partial charge in [0.25, 0.3) is 0 Å². The topological polar surface area (TPSA) is 20.3 Å².